The van der Waals surface area contributed by atoms with Crippen molar-refractivity contribution in [2.75, 3.05) is 50.6 Å². The van der Waals surface area contributed by atoms with Crippen molar-refractivity contribution in [2.45, 2.75) is 6.42 Å². The van der Waals surface area contributed by atoms with E-state index in [1.807, 2.05) is 4.90 Å². The molecule has 1 N–H and O–H groups in total. The van der Waals surface area contributed by atoms with Gasteiger partial charge in [-0.05, 0) is 18.2 Å². The number of amides is 2. The molecule has 1 fully saturated rings. The van der Waals surface area contributed by atoms with E-state index in [4.69, 9.17) is 9.47 Å². The first-order chi connectivity index (χ1) is 13.6. The van der Waals surface area contributed by atoms with Gasteiger partial charge in [0.15, 0.2) is 11.5 Å². The normalized spacial score (nSPS) is 13.8. The molecular formula is C19H23N5O4. The molecule has 1 saturated heterocycles. The van der Waals surface area contributed by atoms with Crippen LogP contribution in [0.5, 0.6) is 11.5 Å². The summed E-state index contributed by atoms with van der Waals surface area (Å²) in [6.07, 6.45) is 3.17. The van der Waals surface area contributed by atoms with Gasteiger partial charge in [0.2, 0.25) is 17.8 Å². The second-order valence-corrected chi connectivity index (χ2v) is 6.21. The van der Waals surface area contributed by atoms with Crippen LogP contribution < -0.4 is 19.7 Å². The standard InChI is InChI=1S/C19H23N5O4/c1-27-15-5-4-14(12-16(15)28-2)22-17(25)13-18(26)23-8-10-24(11-9-23)19-20-6-3-7-21-19/h3-7,12H,8-11,13H2,1-2H3,(H,22,25). The van der Waals surface area contributed by atoms with Crippen LogP contribution in [-0.2, 0) is 9.59 Å². The van der Waals surface area contributed by atoms with Crippen molar-refractivity contribution in [3.05, 3.63) is 36.7 Å². The number of carbonyl (C=O) groups excluding carboxylic acids is 2. The fourth-order valence-electron chi connectivity index (χ4n) is 2.98. The predicted molar refractivity (Wildman–Crippen MR) is 104 cm³/mol. The first-order valence-electron chi connectivity index (χ1n) is 8.92. The molecule has 0 bridgehead atoms. The third-order valence-electron chi connectivity index (χ3n) is 4.45. The minimum Gasteiger partial charge on any atom is -0.493 e. The lowest BCUT2D eigenvalue weighted by molar-refractivity contribution is -0.134. The van der Waals surface area contributed by atoms with Crippen LogP contribution >= 0.6 is 0 Å². The van der Waals surface area contributed by atoms with E-state index in [0.29, 0.717) is 49.3 Å². The Bertz CT molecular complexity index is 822. The topological polar surface area (TPSA) is 96.9 Å². The Balaban J connectivity index is 1.50. The lowest BCUT2D eigenvalue weighted by Gasteiger charge is -2.34. The molecule has 0 atom stereocenters. The zero-order valence-corrected chi connectivity index (χ0v) is 15.9. The molecule has 0 radical (unpaired) electrons. The number of carbonyl (C=O) groups is 2. The third-order valence-corrected chi connectivity index (χ3v) is 4.45. The smallest absolute Gasteiger partial charge is 0.233 e. The molecule has 1 aliphatic heterocycles. The van der Waals surface area contributed by atoms with Gasteiger partial charge in [-0.2, -0.15) is 0 Å². The molecule has 0 spiro atoms. The summed E-state index contributed by atoms with van der Waals surface area (Å²) in [6, 6.07) is 6.81. The van der Waals surface area contributed by atoms with Crippen molar-refractivity contribution in [1.29, 1.82) is 0 Å². The summed E-state index contributed by atoms with van der Waals surface area (Å²) in [5.74, 6) is 1.15. The summed E-state index contributed by atoms with van der Waals surface area (Å²) in [4.78, 5) is 36.8. The number of aromatic nitrogens is 2. The summed E-state index contributed by atoms with van der Waals surface area (Å²) in [5, 5.41) is 2.72. The van der Waals surface area contributed by atoms with Crippen LogP contribution in [0, 0.1) is 0 Å². The third kappa shape index (κ3) is 4.67. The highest BCUT2D eigenvalue weighted by Crippen LogP contribution is 2.29. The van der Waals surface area contributed by atoms with Gasteiger partial charge < -0.3 is 24.6 Å². The van der Waals surface area contributed by atoms with E-state index in [0.717, 1.165) is 0 Å². The minimum absolute atomic E-state index is 0.202. The Kier molecular flexibility index (Phi) is 6.25. The number of benzene rings is 1. The van der Waals surface area contributed by atoms with Crippen molar-refractivity contribution >= 4 is 23.5 Å². The quantitative estimate of drug-likeness (QED) is 0.746. The summed E-state index contributed by atoms with van der Waals surface area (Å²) < 4.78 is 10.4. The van der Waals surface area contributed by atoms with E-state index in [1.54, 1.807) is 48.7 Å². The lowest BCUT2D eigenvalue weighted by atomic mass is 10.2. The van der Waals surface area contributed by atoms with Gasteiger partial charge in [-0.3, -0.25) is 9.59 Å². The Labute approximate surface area is 163 Å². The maximum Gasteiger partial charge on any atom is 0.233 e. The van der Waals surface area contributed by atoms with E-state index in [2.05, 4.69) is 15.3 Å². The number of nitrogens with zero attached hydrogens (tertiary/aromatic N) is 4. The van der Waals surface area contributed by atoms with Crippen molar-refractivity contribution in [2.24, 2.45) is 0 Å². The first-order valence-corrected chi connectivity index (χ1v) is 8.92. The molecule has 28 heavy (non-hydrogen) atoms. The second kappa shape index (κ2) is 9.03. The summed E-state index contributed by atoms with van der Waals surface area (Å²) in [5.41, 5.74) is 0.543. The van der Waals surface area contributed by atoms with Gasteiger partial charge in [-0.25, -0.2) is 9.97 Å². The highest BCUT2D eigenvalue weighted by molar-refractivity contribution is 6.03. The van der Waals surface area contributed by atoms with Crippen molar-refractivity contribution in [3.8, 4) is 11.5 Å². The molecule has 2 aromatic rings. The summed E-state index contributed by atoms with van der Waals surface area (Å²) in [7, 11) is 3.06. The molecule has 0 saturated carbocycles. The second-order valence-electron chi connectivity index (χ2n) is 6.21. The van der Waals surface area contributed by atoms with E-state index >= 15 is 0 Å². The molecule has 0 unspecified atom stereocenters. The van der Waals surface area contributed by atoms with Gasteiger partial charge in [0.05, 0.1) is 14.2 Å². The number of methoxy groups -OCH3 is 2. The van der Waals surface area contributed by atoms with E-state index in [1.165, 1.54) is 7.11 Å². The van der Waals surface area contributed by atoms with Gasteiger partial charge in [-0.15, -0.1) is 0 Å². The van der Waals surface area contributed by atoms with Crippen molar-refractivity contribution in [1.82, 2.24) is 14.9 Å². The molecule has 148 valence electrons. The van der Waals surface area contributed by atoms with Crippen LogP contribution in [0.1, 0.15) is 6.42 Å². The van der Waals surface area contributed by atoms with Gasteiger partial charge in [-0.1, -0.05) is 0 Å². The molecular weight excluding hydrogens is 362 g/mol. The molecule has 3 rings (SSSR count). The Morgan fingerprint density at radius 1 is 1.04 bits per heavy atom. The van der Waals surface area contributed by atoms with E-state index in [-0.39, 0.29) is 18.2 Å². The Hall–Kier alpha value is -3.36. The van der Waals surface area contributed by atoms with Gasteiger partial charge >= 0.3 is 0 Å². The monoisotopic (exact) mass is 385 g/mol. The number of nitrogens with one attached hydrogen (secondary N) is 1. The number of rotatable bonds is 6. The molecule has 1 aromatic carbocycles. The largest absolute Gasteiger partial charge is 0.493 e. The molecule has 0 aliphatic carbocycles. The Morgan fingerprint density at radius 3 is 2.36 bits per heavy atom. The molecule has 2 amide bonds. The number of ether oxygens (including phenoxy) is 2. The van der Waals surface area contributed by atoms with Crippen LogP contribution in [-0.4, -0.2) is 67.1 Å². The molecule has 2 heterocycles. The van der Waals surface area contributed by atoms with Crippen LogP contribution in [0.15, 0.2) is 36.7 Å². The lowest BCUT2D eigenvalue weighted by Crippen LogP contribution is -2.49. The van der Waals surface area contributed by atoms with E-state index < -0.39 is 0 Å². The van der Waals surface area contributed by atoms with Crippen LogP contribution in [0.25, 0.3) is 0 Å². The van der Waals surface area contributed by atoms with Gasteiger partial charge in [0.1, 0.15) is 6.42 Å². The molecule has 1 aromatic heterocycles. The van der Waals surface area contributed by atoms with Gasteiger partial charge in [0, 0.05) is 50.3 Å². The summed E-state index contributed by atoms with van der Waals surface area (Å²) in [6.45, 7) is 2.32. The van der Waals surface area contributed by atoms with Crippen LogP contribution in [0.3, 0.4) is 0 Å². The van der Waals surface area contributed by atoms with Crippen molar-refractivity contribution < 1.29 is 19.1 Å². The number of hydrogen-bond acceptors (Lipinski definition) is 7. The zero-order chi connectivity index (χ0) is 19.9. The maximum atomic E-state index is 12.4. The highest BCUT2D eigenvalue weighted by atomic mass is 16.5. The molecule has 1 aliphatic rings. The van der Waals surface area contributed by atoms with E-state index in [9.17, 15) is 9.59 Å². The fraction of sp³-hybridized carbons (Fsp3) is 0.368. The van der Waals surface area contributed by atoms with Crippen LogP contribution in [0.2, 0.25) is 0 Å². The first kappa shape index (κ1) is 19.4. The molecule has 9 heteroatoms. The molecule has 9 nitrogen and oxygen atoms in total. The highest BCUT2D eigenvalue weighted by Gasteiger charge is 2.24. The average molecular weight is 385 g/mol. The SMILES string of the molecule is COc1ccc(NC(=O)CC(=O)N2CCN(c3ncccn3)CC2)cc1OC. The number of piperazine rings is 1. The maximum absolute atomic E-state index is 12.4. The van der Waals surface area contributed by atoms with Gasteiger partial charge in [0.25, 0.3) is 0 Å². The average Bonchev–Trinajstić information content (AvgIpc) is 2.74. The fourth-order valence-corrected chi connectivity index (χ4v) is 2.98. The number of anilines is 2. The minimum atomic E-state index is -0.369. The van der Waals surface area contributed by atoms with Crippen LogP contribution in [0.4, 0.5) is 11.6 Å². The van der Waals surface area contributed by atoms with Crippen molar-refractivity contribution in [3.63, 3.8) is 0 Å². The predicted octanol–water partition coefficient (Wildman–Crippen LogP) is 1.17. The summed E-state index contributed by atoms with van der Waals surface area (Å²) >= 11 is 0. The zero-order valence-electron chi connectivity index (χ0n) is 15.9. The Morgan fingerprint density at radius 2 is 1.71 bits per heavy atom. The number of hydrogen-bond donors (Lipinski definition) is 1.